The molecule has 0 radical (unpaired) electrons. The number of nitrogens with one attached hydrogen (secondary N) is 1. The van der Waals surface area contributed by atoms with Crippen LogP contribution in [0.1, 0.15) is 37.3 Å². The highest BCUT2D eigenvalue weighted by Gasteiger charge is 2.53. The van der Waals surface area contributed by atoms with Crippen LogP contribution >= 0.6 is 0 Å². The Hall–Kier alpha value is -4.02. The minimum Gasteiger partial charge on any atom is -0.332 e. The van der Waals surface area contributed by atoms with Gasteiger partial charge in [0.15, 0.2) is 12.8 Å². The summed E-state index contributed by atoms with van der Waals surface area (Å²) in [5.41, 5.74) is 8.37. The van der Waals surface area contributed by atoms with E-state index in [0.29, 0.717) is 32.5 Å². The first-order valence-electron chi connectivity index (χ1n) is 13.4. The molecule has 3 atom stereocenters. The van der Waals surface area contributed by atoms with Crippen LogP contribution in [0.3, 0.4) is 0 Å². The number of unbranched alkanes of at least 4 members (excludes halogenated alkanes) is 1. The maximum Gasteiger partial charge on any atom is 0.343 e. The molecule has 2 aliphatic rings. The number of carbonyl (C=O) groups is 3. The van der Waals surface area contributed by atoms with Crippen LogP contribution in [-0.2, 0) is 27.5 Å². The van der Waals surface area contributed by atoms with E-state index in [1.54, 1.807) is 16.0 Å². The number of urea groups is 1. The van der Waals surface area contributed by atoms with Crippen LogP contribution < -0.4 is 11.1 Å². The van der Waals surface area contributed by atoms with Crippen LogP contribution in [0.25, 0.3) is 10.9 Å². The SMILES string of the molecule is C[C@H]1[C@@H]2N(C(=O)NCc3ccccc3)OCC(=O)N2[C@@H](CCCCN)C(=O)N1Cc1cccc2cccnc12. The number of amides is 4. The van der Waals surface area contributed by atoms with Crippen molar-refractivity contribution in [3.63, 3.8) is 0 Å². The Balaban J connectivity index is 1.46. The predicted molar refractivity (Wildman–Crippen MR) is 146 cm³/mol. The molecule has 0 spiro atoms. The minimum atomic E-state index is -0.787. The maximum absolute atomic E-state index is 14.0. The number of hydrogen-bond acceptors (Lipinski definition) is 6. The molecule has 0 saturated carbocycles. The highest BCUT2D eigenvalue weighted by molar-refractivity contribution is 5.91. The zero-order valence-corrected chi connectivity index (χ0v) is 22.0. The number of rotatable bonds is 8. The number of nitrogens with two attached hydrogens (primary N) is 1. The molecule has 10 nitrogen and oxygen atoms in total. The first-order valence-corrected chi connectivity index (χ1v) is 13.4. The summed E-state index contributed by atoms with van der Waals surface area (Å²) in [6, 6.07) is 17.6. The number of aromatic nitrogens is 1. The zero-order valence-electron chi connectivity index (χ0n) is 22.0. The number of fused-ring (bicyclic) bond motifs is 2. The lowest BCUT2D eigenvalue weighted by atomic mass is 9.96. The van der Waals surface area contributed by atoms with Crippen LogP contribution in [0.5, 0.6) is 0 Å². The summed E-state index contributed by atoms with van der Waals surface area (Å²) in [6.07, 6.45) is 2.82. The molecule has 0 aliphatic carbocycles. The zero-order chi connectivity index (χ0) is 27.4. The van der Waals surface area contributed by atoms with E-state index < -0.39 is 24.3 Å². The second-order valence-electron chi connectivity index (χ2n) is 9.96. The van der Waals surface area contributed by atoms with Crippen LogP contribution in [-0.4, -0.2) is 69.1 Å². The van der Waals surface area contributed by atoms with Crippen molar-refractivity contribution in [2.24, 2.45) is 5.73 Å². The molecule has 0 unspecified atom stereocenters. The molecule has 2 aliphatic heterocycles. The number of para-hydroxylation sites is 1. The Morgan fingerprint density at radius 1 is 1.08 bits per heavy atom. The quantitative estimate of drug-likeness (QED) is 0.432. The fourth-order valence-electron chi connectivity index (χ4n) is 5.47. The van der Waals surface area contributed by atoms with Crippen molar-refractivity contribution >= 4 is 28.7 Å². The van der Waals surface area contributed by atoms with Gasteiger partial charge >= 0.3 is 6.03 Å². The molecule has 39 heavy (non-hydrogen) atoms. The molecule has 3 heterocycles. The Labute approximate surface area is 227 Å². The molecule has 10 heteroatoms. The third-order valence-electron chi connectivity index (χ3n) is 7.44. The van der Waals surface area contributed by atoms with E-state index in [-0.39, 0.29) is 18.4 Å². The number of carbonyl (C=O) groups excluding carboxylic acids is 3. The smallest absolute Gasteiger partial charge is 0.332 e. The number of hydrogen-bond donors (Lipinski definition) is 2. The molecular weight excluding hydrogens is 496 g/mol. The number of pyridine rings is 1. The van der Waals surface area contributed by atoms with Gasteiger partial charge in [0.1, 0.15) is 6.04 Å². The van der Waals surface area contributed by atoms with Crippen LogP contribution in [0.4, 0.5) is 4.79 Å². The Bertz CT molecular complexity index is 1330. The fraction of sp³-hybridized carbons (Fsp3) is 0.379. The second kappa shape index (κ2) is 11.8. The minimum absolute atomic E-state index is 0.149. The van der Waals surface area contributed by atoms with E-state index in [1.165, 1.54) is 5.06 Å². The number of piperazine rings is 1. The predicted octanol–water partition coefficient (Wildman–Crippen LogP) is 2.77. The Morgan fingerprint density at radius 2 is 1.87 bits per heavy atom. The van der Waals surface area contributed by atoms with E-state index in [1.807, 2.05) is 67.6 Å². The van der Waals surface area contributed by atoms with Gasteiger partial charge in [-0.25, -0.2) is 4.79 Å². The van der Waals surface area contributed by atoms with Crippen molar-refractivity contribution in [1.29, 1.82) is 0 Å². The molecule has 2 fully saturated rings. The van der Waals surface area contributed by atoms with Crippen LogP contribution in [0.2, 0.25) is 0 Å². The number of benzene rings is 2. The van der Waals surface area contributed by atoms with Gasteiger partial charge in [-0.15, -0.1) is 0 Å². The highest BCUT2D eigenvalue weighted by atomic mass is 16.7. The lowest BCUT2D eigenvalue weighted by Gasteiger charge is -2.54. The van der Waals surface area contributed by atoms with E-state index in [9.17, 15) is 14.4 Å². The van der Waals surface area contributed by atoms with Gasteiger partial charge in [0, 0.05) is 24.7 Å². The molecule has 4 amide bonds. The summed E-state index contributed by atoms with van der Waals surface area (Å²) >= 11 is 0. The molecule has 204 valence electrons. The molecule has 1 aromatic heterocycles. The average Bonchev–Trinajstić information content (AvgIpc) is 2.96. The fourth-order valence-corrected chi connectivity index (χ4v) is 5.47. The molecular formula is C29H34N6O4. The normalized spacial score (nSPS) is 21.3. The lowest BCUT2D eigenvalue weighted by molar-refractivity contribution is -0.246. The monoisotopic (exact) mass is 530 g/mol. The van der Waals surface area contributed by atoms with Gasteiger partial charge in [-0.2, -0.15) is 5.06 Å². The van der Waals surface area contributed by atoms with Crippen molar-refractivity contribution in [2.45, 2.75) is 57.5 Å². The van der Waals surface area contributed by atoms with Crippen molar-refractivity contribution < 1.29 is 19.2 Å². The van der Waals surface area contributed by atoms with E-state index >= 15 is 0 Å². The van der Waals surface area contributed by atoms with Crippen molar-refractivity contribution in [1.82, 2.24) is 25.2 Å². The van der Waals surface area contributed by atoms with Crippen LogP contribution in [0, 0.1) is 0 Å². The van der Waals surface area contributed by atoms with Crippen LogP contribution in [0.15, 0.2) is 66.9 Å². The number of hydroxylamine groups is 2. The highest BCUT2D eigenvalue weighted by Crippen LogP contribution is 2.33. The van der Waals surface area contributed by atoms with Crippen molar-refractivity contribution in [3.05, 3.63) is 78.0 Å². The van der Waals surface area contributed by atoms with E-state index in [0.717, 1.165) is 28.5 Å². The average molecular weight is 531 g/mol. The largest absolute Gasteiger partial charge is 0.343 e. The number of nitrogens with zero attached hydrogens (tertiary/aromatic N) is 4. The van der Waals surface area contributed by atoms with Crippen molar-refractivity contribution in [2.75, 3.05) is 13.2 Å². The van der Waals surface area contributed by atoms with Gasteiger partial charge in [0.2, 0.25) is 5.91 Å². The summed E-state index contributed by atoms with van der Waals surface area (Å²) in [5.74, 6) is -0.458. The van der Waals surface area contributed by atoms with Gasteiger partial charge in [-0.05, 0) is 49.9 Å². The molecule has 2 aromatic carbocycles. The van der Waals surface area contributed by atoms with E-state index in [2.05, 4.69) is 10.3 Å². The van der Waals surface area contributed by atoms with Crippen molar-refractivity contribution in [3.8, 4) is 0 Å². The summed E-state index contributed by atoms with van der Waals surface area (Å²) in [4.78, 5) is 54.1. The van der Waals surface area contributed by atoms with Gasteiger partial charge in [-0.1, -0.05) is 54.6 Å². The first kappa shape index (κ1) is 26.6. The standard InChI is InChI=1S/C29H34N6O4/c1-20-27-34(25(36)19-39-35(27)29(38)32-17-21-9-3-2-4-10-21)24(14-5-6-15-30)28(37)33(20)18-23-12-7-11-22-13-8-16-31-26(22)23/h2-4,7-13,16,20,24,27H,5-6,14-15,17-19,30H2,1H3,(H,32,38)/t20-,24-,27-/m0/s1. The molecule has 3 N–H and O–H groups in total. The van der Waals surface area contributed by atoms with Gasteiger partial charge in [0.05, 0.1) is 11.6 Å². The van der Waals surface area contributed by atoms with Gasteiger partial charge in [0.25, 0.3) is 5.91 Å². The topological polar surface area (TPSA) is 121 Å². The summed E-state index contributed by atoms with van der Waals surface area (Å²) in [5, 5.41) is 5.10. The maximum atomic E-state index is 14.0. The third-order valence-corrected chi connectivity index (χ3v) is 7.44. The lowest BCUT2D eigenvalue weighted by Crippen LogP contribution is -2.75. The summed E-state index contributed by atoms with van der Waals surface area (Å²) in [6.45, 7) is 2.63. The first-order chi connectivity index (χ1) is 19.0. The van der Waals surface area contributed by atoms with E-state index in [4.69, 9.17) is 10.6 Å². The second-order valence-corrected chi connectivity index (χ2v) is 9.96. The summed E-state index contributed by atoms with van der Waals surface area (Å²) in [7, 11) is 0. The van der Waals surface area contributed by atoms with Gasteiger partial charge < -0.3 is 20.9 Å². The third kappa shape index (κ3) is 5.43. The molecule has 2 saturated heterocycles. The Kier molecular flexibility index (Phi) is 8.04. The molecule has 5 rings (SSSR count). The molecule has 0 bridgehead atoms. The molecule has 3 aromatic rings. The Morgan fingerprint density at radius 3 is 2.67 bits per heavy atom. The summed E-state index contributed by atoms with van der Waals surface area (Å²) < 4.78 is 0. The van der Waals surface area contributed by atoms with Gasteiger partial charge in [-0.3, -0.25) is 19.4 Å².